The number of hydrogen-bond acceptors (Lipinski definition) is 4. The van der Waals surface area contributed by atoms with Gasteiger partial charge in [0.1, 0.15) is 0 Å². The Kier molecular flexibility index (Phi) is 5.78. The lowest BCUT2D eigenvalue weighted by molar-refractivity contribution is -0.384. The molecule has 2 aliphatic rings. The van der Waals surface area contributed by atoms with Crippen molar-refractivity contribution in [2.45, 2.75) is 50.2 Å². The van der Waals surface area contributed by atoms with Crippen molar-refractivity contribution in [1.29, 1.82) is 0 Å². The third-order valence-corrected chi connectivity index (χ3v) is 4.97. The summed E-state index contributed by atoms with van der Waals surface area (Å²) in [6.07, 6.45) is 6.13. The molecule has 3 rings (SSSR count). The lowest BCUT2D eigenvalue weighted by Gasteiger charge is -2.35. The van der Waals surface area contributed by atoms with Gasteiger partial charge in [-0.05, 0) is 44.7 Å². The van der Waals surface area contributed by atoms with Gasteiger partial charge in [-0.25, -0.2) is 0 Å². The molecule has 0 aliphatic carbocycles. The number of hydrogen-bond donors (Lipinski definition) is 1. The average Bonchev–Trinajstić information content (AvgIpc) is 2.83. The van der Waals surface area contributed by atoms with Crippen LogP contribution in [0.25, 0.3) is 0 Å². The standard InChI is InChI=1S/C16H23N3O2.ClH/c1-18(16-10-13-4-5-14(11-16)17-13)9-8-12-2-6-15(7-3-12)19(20)21;/h2-3,6-7,13-14,16-17H,4-5,8-11H2,1H3;1H. The molecule has 2 aliphatic heterocycles. The Morgan fingerprint density at radius 3 is 2.36 bits per heavy atom. The summed E-state index contributed by atoms with van der Waals surface area (Å²) in [6, 6.07) is 9.06. The van der Waals surface area contributed by atoms with Crippen molar-refractivity contribution in [3.8, 4) is 0 Å². The first-order chi connectivity index (χ1) is 10.1. The molecule has 2 atom stereocenters. The quantitative estimate of drug-likeness (QED) is 0.668. The van der Waals surface area contributed by atoms with Crippen molar-refractivity contribution < 1.29 is 4.92 Å². The van der Waals surface area contributed by atoms with Crippen LogP contribution in [-0.2, 0) is 6.42 Å². The van der Waals surface area contributed by atoms with E-state index < -0.39 is 0 Å². The van der Waals surface area contributed by atoms with Gasteiger partial charge in [0, 0.05) is 36.8 Å². The van der Waals surface area contributed by atoms with Gasteiger partial charge in [-0.2, -0.15) is 0 Å². The zero-order valence-corrected chi connectivity index (χ0v) is 13.7. The second-order valence-corrected chi connectivity index (χ2v) is 6.42. The summed E-state index contributed by atoms with van der Waals surface area (Å²) < 4.78 is 0. The van der Waals surface area contributed by atoms with Crippen LogP contribution in [0.3, 0.4) is 0 Å². The summed E-state index contributed by atoms with van der Waals surface area (Å²) in [5.74, 6) is 0. The summed E-state index contributed by atoms with van der Waals surface area (Å²) in [5, 5.41) is 14.3. The topological polar surface area (TPSA) is 58.4 Å². The molecule has 0 saturated carbocycles. The zero-order chi connectivity index (χ0) is 14.8. The second-order valence-electron chi connectivity index (χ2n) is 6.42. The Balaban J connectivity index is 0.00000176. The lowest BCUT2D eigenvalue weighted by Crippen LogP contribution is -2.47. The van der Waals surface area contributed by atoms with Crippen molar-refractivity contribution in [2.24, 2.45) is 0 Å². The highest BCUT2D eigenvalue weighted by molar-refractivity contribution is 5.85. The normalized spacial score (nSPS) is 26.7. The summed E-state index contributed by atoms with van der Waals surface area (Å²) in [5.41, 5.74) is 1.34. The number of nitrogens with zero attached hydrogens (tertiary/aromatic N) is 2. The number of rotatable bonds is 5. The van der Waals surface area contributed by atoms with Gasteiger partial charge >= 0.3 is 0 Å². The van der Waals surface area contributed by atoms with Crippen LogP contribution in [0.1, 0.15) is 31.2 Å². The van der Waals surface area contributed by atoms with E-state index in [1.165, 1.54) is 31.2 Å². The van der Waals surface area contributed by atoms with Gasteiger partial charge in [-0.3, -0.25) is 10.1 Å². The van der Waals surface area contributed by atoms with Gasteiger partial charge in [0.25, 0.3) is 5.69 Å². The fourth-order valence-electron chi connectivity index (χ4n) is 3.66. The largest absolute Gasteiger partial charge is 0.311 e. The molecule has 1 N–H and O–H groups in total. The first-order valence-electron chi connectivity index (χ1n) is 7.81. The number of nitro groups is 1. The third kappa shape index (κ3) is 3.97. The molecule has 0 aromatic heterocycles. The minimum Gasteiger partial charge on any atom is -0.311 e. The van der Waals surface area contributed by atoms with Crippen LogP contribution in [0.2, 0.25) is 0 Å². The number of fused-ring (bicyclic) bond motifs is 2. The minimum absolute atomic E-state index is 0. The van der Waals surface area contributed by atoms with E-state index in [4.69, 9.17) is 0 Å². The number of likely N-dealkylation sites (N-methyl/N-ethyl adjacent to an activating group) is 1. The molecular formula is C16H24ClN3O2. The minimum atomic E-state index is -0.347. The maximum absolute atomic E-state index is 10.6. The maximum Gasteiger partial charge on any atom is 0.269 e. The molecule has 0 spiro atoms. The predicted octanol–water partition coefficient (Wildman–Crippen LogP) is 2.77. The van der Waals surface area contributed by atoms with Gasteiger partial charge < -0.3 is 10.2 Å². The van der Waals surface area contributed by atoms with E-state index in [-0.39, 0.29) is 23.0 Å². The second kappa shape index (κ2) is 7.40. The van der Waals surface area contributed by atoms with Crippen molar-refractivity contribution in [3.63, 3.8) is 0 Å². The Morgan fingerprint density at radius 2 is 1.82 bits per heavy atom. The molecule has 6 heteroatoms. The zero-order valence-electron chi connectivity index (χ0n) is 12.9. The lowest BCUT2D eigenvalue weighted by atomic mass is 9.98. The Bertz CT molecular complexity index is 497. The molecule has 22 heavy (non-hydrogen) atoms. The molecule has 2 saturated heterocycles. The number of nitrogens with one attached hydrogen (secondary N) is 1. The fraction of sp³-hybridized carbons (Fsp3) is 0.625. The molecule has 2 bridgehead atoms. The van der Waals surface area contributed by atoms with Gasteiger partial charge in [0.05, 0.1) is 4.92 Å². The van der Waals surface area contributed by atoms with E-state index in [9.17, 15) is 10.1 Å². The molecule has 1 aromatic rings. The van der Waals surface area contributed by atoms with Gasteiger partial charge in [-0.1, -0.05) is 12.1 Å². The van der Waals surface area contributed by atoms with E-state index in [1.807, 2.05) is 12.1 Å². The van der Waals surface area contributed by atoms with Crippen molar-refractivity contribution in [1.82, 2.24) is 10.2 Å². The molecule has 2 heterocycles. The summed E-state index contributed by atoms with van der Waals surface area (Å²) in [6.45, 7) is 1.02. The molecule has 2 unspecified atom stereocenters. The predicted molar refractivity (Wildman–Crippen MR) is 89.6 cm³/mol. The maximum atomic E-state index is 10.6. The van der Waals surface area contributed by atoms with Crippen LogP contribution in [0.5, 0.6) is 0 Å². The van der Waals surface area contributed by atoms with Crippen molar-refractivity contribution >= 4 is 18.1 Å². The van der Waals surface area contributed by atoms with Crippen molar-refractivity contribution in [3.05, 3.63) is 39.9 Å². The van der Waals surface area contributed by atoms with Crippen molar-refractivity contribution in [2.75, 3.05) is 13.6 Å². The smallest absolute Gasteiger partial charge is 0.269 e. The van der Waals surface area contributed by atoms with Gasteiger partial charge in [-0.15, -0.1) is 12.4 Å². The SMILES string of the molecule is CN(CCc1ccc([N+](=O)[O-])cc1)C1CC2CCC(C1)N2.Cl. The van der Waals surface area contributed by atoms with Crippen LogP contribution in [-0.4, -0.2) is 41.5 Å². The number of nitro benzene ring substituents is 1. The fourth-order valence-corrected chi connectivity index (χ4v) is 3.66. The monoisotopic (exact) mass is 325 g/mol. The number of piperidine rings is 1. The van der Waals surface area contributed by atoms with Crippen LogP contribution in [0.15, 0.2) is 24.3 Å². The Morgan fingerprint density at radius 1 is 1.23 bits per heavy atom. The number of non-ortho nitro benzene ring substituents is 1. The molecular weight excluding hydrogens is 302 g/mol. The first-order valence-corrected chi connectivity index (χ1v) is 7.81. The van der Waals surface area contributed by atoms with E-state index in [1.54, 1.807) is 12.1 Å². The Hall–Kier alpha value is -1.17. The molecule has 1 aromatic carbocycles. The first kappa shape index (κ1) is 17.2. The number of halogens is 1. The van der Waals surface area contributed by atoms with E-state index in [0.29, 0.717) is 6.04 Å². The molecule has 0 amide bonds. The highest BCUT2D eigenvalue weighted by atomic mass is 35.5. The highest BCUT2D eigenvalue weighted by Crippen LogP contribution is 2.29. The summed E-state index contributed by atoms with van der Waals surface area (Å²) in [7, 11) is 2.21. The van der Waals surface area contributed by atoms with E-state index in [2.05, 4.69) is 17.3 Å². The third-order valence-electron chi connectivity index (χ3n) is 4.97. The Labute approximate surface area is 137 Å². The molecule has 0 radical (unpaired) electrons. The van der Waals surface area contributed by atoms with E-state index >= 15 is 0 Å². The van der Waals surface area contributed by atoms with Crippen LogP contribution < -0.4 is 5.32 Å². The molecule has 5 nitrogen and oxygen atoms in total. The summed E-state index contributed by atoms with van der Waals surface area (Å²) in [4.78, 5) is 12.8. The van der Waals surface area contributed by atoms with Crippen LogP contribution in [0, 0.1) is 10.1 Å². The molecule has 2 fully saturated rings. The van der Waals surface area contributed by atoms with Crippen LogP contribution >= 0.6 is 12.4 Å². The number of benzene rings is 1. The summed E-state index contributed by atoms with van der Waals surface area (Å²) >= 11 is 0. The highest BCUT2D eigenvalue weighted by Gasteiger charge is 2.34. The van der Waals surface area contributed by atoms with Gasteiger partial charge in [0.15, 0.2) is 0 Å². The van der Waals surface area contributed by atoms with Gasteiger partial charge in [0.2, 0.25) is 0 Å². The average molecular weight is 326 g/mol. The van der Waals surface area contributed by atoms with Crippen LogP contribution in [0.4, 0.5) is 5.69 Å². The van der Waals surface area contributed by atoms with E-state index in [0.717, 1.165) is 25.0 Å². The molecule has 122 valence electrons.